The van der Waals surface area contributed by atoms with Crippen LogP contribution in [0.3, 0.4) is 0 Å². The first kappa shape index (κ1) is 34.6. The van der Waals surface area contributed by atoms with Gasteiger partial charge in [0.2, 0.25) is 0 Å². The molecule has 0 radical (unpaired) electrons. The molecular weight excluding hydrogens is 642 g/mol. The maximum Gasteiger partial charge on any atom is 0.435 e. The van der Waals surface area contributed by atoms with Crippen LogP contribution in [0, 0.1) is 11.7 Å². The van der Waals surface area contributed by atoms with E-state index in [0.29, 0.717) is 12.1 Å². The van der Waals surface area contributed by atoms with Gasteiger partial charge in [-0.25, -0.2) is 17.2 Å². The smallest absolute Gasteiger partial charge is 0.435 e. The summed E-state index contributed by atoms with van der Waals surface area (Å²) in [7, 11) is -4.66. The Kier molecular flexibility index (Phi) is 9.09. The molecule has 1 saturated carbocycles. The molecule has 1 amide bonds. The van der Waals surface area contributed by atoms with E-state index < -0.39 is 85.2 Å². The molecule has 7 nitrogen and oxygen atoms in total. The van der Waals surface area contributed by atoms with Crippen LogP contribution in [-0.2, 0) is 34.6 Å². The quantitative estimate of drug-likeness (QED) is 0.237. The fraction of sp³-hybridized carbons (Fsp3) is 0.517. The normalized spacial score (nSPS) is 24.8. The van der Waals surface area contributed by atoms with E-state index in [1.807, 2.05) is 0 Å². The molecule has 1 heterocycles. The molecule has 1 atom stereocenters. The highest BCUT2D eigenvalue weighted by molar-refractivity contribution is 7.92. The zero-order valence-electron chi connectivity index (χ0n) is 23.7. The summed E-state index contributed by atoms with van der Waals surface area (Å²) >= 11 is 0. The van der Waals surface area contributed by atoms with Gasteiger partial charge < -0.3 is 14.7 Å². The van der Waals surface area contributed by atoms with Crippen molar-refractivity contribution in [2.75, 3.05) is 19.7 Å². The Balaban J connectivity index is 1.73. The Morgan fingerprint density at radius 3 is 1.93 bits per heavy atom. The average Bonchev–Trinajstić information content (AvgIpc) is 3.43. The predicted octanol–water partition coefficient (Wildman–Crippen LogP) is 5.50. The molecule has 45 heavy (non-hydrogen) atoms. The average molecular weight is 672 g/mol. The second-order valence-electron chi connectivity index (χ2n) is 11.2. The van der Waals surface area contributed by atoms with Gasteiger partial charge >= 0.3 is 24.0 Å². The number of carbonyl (C=O) groups is 2. The summed E-state index contributed by atoms with van der Waals surface area (Å²) in [6, 6.07) is 5.10. The molecular formula is C29H29F8NO6S. The molecule has 16 heteroatoms. The summed E-state index contributed by atoms with van der Waals surface area (Å²) in [5.74, 6) is -2.73. The summed E-state index contributed by atoms with van der Waals surface area (Å²) in [6.45, 7) is 0.765. The molecule has 2 fully saturated rings. The van der Waals surface area contributed by atoms with Crippen LogP contribution in [-0.4, -0.2) is 68.0 Å². The van der Waals surface area contributed by atoms with Crippen LogP contribution in [0.2, 0.25) is 0 Å². The van der Waals surface area contributed by atoms with E-state index in [-0.39, 0.29) is 56.5 Å². The van der Waals surface area contributed by atoms with Crippen LogP contribution in [0.4, 0.5) is 35.1 Å². The van der Waals surface area contributed by atoms with Gasteiger partial charge in [-0.05, 0) is 68.9 Å². The number of ether oxygens (including phenoxy) is 1. The number of halogens is 8. The molecule has 2 aromatic rings. The number of esters is 1. The largest absolute Gasteiger partial charge is 0.466 e. The molecule has 4 rings (SSSR count). The van der Waals surface area contributed by atoms with Crippen molar-refractivity contribution in [1.29, 1.82) is 0 Å². The lowest BCUT2D eigenvalue weighted by Crippen LogP contribution is -2.52. The van der Waals surface area contributed by atoms with Crippen LogP contribution in [0.1, 0.15) is 50.2 Å². The number of amides is 1. The zero-order chi connectivity index (χ0) is 33.6. The number of sulfone groups is 1. The Morgan fingerprint density at radius 2 is 1.44 bits per heavy atom. The number of likely N-dealkylation sites (tertiary alicyclic amines) is 1. The first-order valence-corrected chi connectivity index (χ1v) is 15.3. The number of aliphatic hydroxyl groups is 1. The molecule has 0 aromatic heterocycles. The van der Waals surface area contributed by atoms with Crippen molar-refractivity contribution in [1.82, 2.24) is 4.90 Å². The number of hydrogen-bond acceptors (Lipinski definition) is 6. The Hall–Kier alpha value is -3.27. The van der Waals surface area contributed by atoms with Gasteiger partial charge in [-0.15, -0.1) is 0 Å². The van der Waals surface area contributed by atoms with Crippen molar-refractivity contribution in [3.8, 4) is 0 Å². The number of alkyl halides is 7. The molecule has 2 aliphatic rings. The van der Waals surface area contributed by atoms with E-state index in [0.717, 1.165) is 29.2 Å². The Morgan fingerprint density at radius 1 is 0.911 bits per heavy atom. The number of nitrogens with zero attached hydrogens (tertiary/aromatic N) is 1. The van der Waals surface area contributed by atoms with Crippen molar-refractivity contribution in [3.63, 3.8) is 0 Å². The minimum Gasteiger partial charge on any atom is -0.466 e. The lowest BCUT2D eigenvalue weighted by molar-refractivity contribution is -0.348. The summed E-state index contributed by atoms with van der Waals surface area (Å²) in [5.41, 5.74) is -9.93. The third-order valence-corrected chi connectivity index (χ3v) is 11.1. The SMILES string of the molecule is CCOC(=O)C1CCC(O)(C(=O)N2CC[C@](c3ccc(C(F)(C(F)(F)F)C(F)(F)F)cc3)(S(=O)(=O)c3ccc(F)cc3)C2)CC1. The second kappa shape index (κ2) is 11.8. The van der Waals surface area contributed by atoms with Crippen molar-refractivity contribution in [2.24, 2.45) is 5.92 Å². The monoisotopic (exact) mass is 671 g/mol. The van der Waals surface area contributed by atoms with Crippen LogP contribution in [0.15, 0.2) is 53.4 Å². The highest BCUT2D eigenvalue weighted by atomic mass is 32.2. The van der Waals surface area contributed by atoms with Gasteiger partial charge in [-0.2, -0.15) is 26.3 Å². The number of benzene rings is 2. The van der Waals surface area contributed by atoms with E-state index >= 15 is 0 Å². The van der Waals surface area contributed by atoms with E-state index in [9.17, 15) is 58.2 Å². The molecule has 1 N–H and O–H groups in total. The van der Waals surface area contributed by atoms with Crippen molar-refractivity contribution < 1.29 is 63.0 Å². The number of carbonyl (C=O) groups excluding carboxylic acids is 2. The van der Waals surface area contributed by atoms with E-state index in [1.165, 1.54) is 0 Å². The first-order valence-electron chi connectivity index (χ1n) is 13.9. The van der Waals surface area contributed by atoms with Crippen LogP contribution < -0.4 is 0 Å². The summed E-state index contributed by atoms with van der Waals surface area (Å²) in [4.78, 5) is 26.2. The minimum absolute atomic E-state index is 0.0960. The molecule has 0 bridgehead atoms. The van der Waals surface area contributed by atoms with Gasteiger partial charge in [-0.1, -0.05) is 24.3 Å². The maximum atomic E-state index is 14.7. The zero-order valence-corrected chi connectivity index (χ0v) is 24.5. The van der Waals surface area contributed by atoms with Crippen LogP contribution >= 0.6 is 0 Å². The highest BCUT2D eigenvalue weighted by Crippen LogP contribution is 2.54. The third-order valence-electron chi connectivity index (χ3n) is 8.58. The van der Waals surface area contributed by atoms with E-state index in [4.69, 9.17) is 4.74 Å². The predicted molar refractivity (Wildman–Crippen MR) is 141 cm³/mol. The minimum atomic E-state index is -6.40. The molecule has 1 aliphatic carbocycles. The molecule has 2 aromatic carbocycles. The summed E-state index contributed by atoms with van der Waals surface area (Å²) in [5, 5.41) is 11.2. The standard InChI is InChI=1S/C29H29F8NO6S/c1-2-44-23(39)18-11-13-25(41,14-12-18)24(40)38-16-15-26(17-38,45(42,43)22-9-7-21(30)8-10-22)19-3-5-20(6-4-19)27(31,28(32,33)34)29(35,36)37/h3-10,18,41H,2,11-17H2,1H3/t18?,25?,26-/m0/s1. The second-order valence-corrected chi connectivity index (χ2v) is 13.5. The van der Waals surface area contributed by atoms with Gasteiger partial charge in [0.1, 0.15) is 16.2 Å². The first-order chi connectivity index (χ1) is 20.7. The van der Waals surface area contributed by atoms with Crippen molar-refractivity contribution in [2.45, 2.75) is 72.3 Å². The number of hydrogen-bond donors (Lipinski definition) is 1. The molecule has 1 aliphatic heterocycles. The molecule has 0 unspecified atom stereocenters. The Labute approximate surface area is 253 Å². The topological polar surface area (TPSA) is 101 Å². The fourth-order valence-corrected chi connectivity index (χ4v) is 8.07. The van der Waals surface area contributed by atoms with Crippen LogP contribution in [0.5, 0.6) is 0 Å². The number of rotatable bonds is 7. The van der Waals surface area contributed by atoms with Crippen molar-refractivity contribution >= 4 is 21.7 Å². The highest BCUT2D eigenvalue weighted by Gasteiger charge is 2.73. The van der Waals surface area contributed by atoms with E-state index in [2.05, 4.69) is 0 Å². The van der Waals surface area contributed by atoms with Gasteiger partial charge in [0.25, 0.3) is 5.91 Å². The summed E-state index contributed by atoms with van der Waals surface area (Å²) < 4.78 is 139. The molecule has 248 valence electrons. The summed E-state index contributed by atoms with van der Waals surface area (Å²) in [6.07, 6.45) is -13.3. The Bertz CT molecular complexity index is 1500. The fourth-order valence-electron chi connectivity index (χ4n) is 6.00. The van der Waals surface area contributed by atoms with E-state index in [1.54, 1.807) is 6.92 Å². The van der Waals surface area contributed by atoms with Gasteiger partial charge in [-0.3, -0.25) is 9.59 Å². The third kappa shape index (κ3) is 5.90. The molecule has 0 spiro atoms. The van der Waals surface area contributed by atoms with Gasteiger partial charge in [0.15, 0.2) is 9.84 Å². The lowest BCUT2D eigenvalue weighted by Gasteiger charge is -2.37. The van der Waals surface area contributed by atoms with Crippen LogP contribution in [0.25, 0.3) is 0 Å². The molecule has 1 saturated heterocycles. The van der Waals surface area contributed by atoms with Crippen molar-refractivity contribution in [3.05, 3.63) is 65.5 Å². The maximum absolute atomic E-state index is 14.7. The lowest BCUT2D eigenvalue weighted by atomic mass is 9.78. The van der Waals surface area contributed by atoms with Gasteiger partial charge in [0.05, 0.1) is 17.4 Å². The van der Waals surface area contributed by atoms with Gasteiger partial charge in [0, 0.05) is 18.7 Å².